The van der Waals surface area contributed by atoms with E-state index >= 15 is 0 Å². The average Bonchev–Trinajstić information content (AvgIpc) is 2.84. The van der Waals surface area contributed by atoms with Crippen LogP contribution in [0.1, 0.15) is 70.6 Å². The number of carboxylic acids is 1. The van der Waals surface area contributed by atoms with Gasteiger partial charge in [-0.1, -0.05) is 6.42 Å². The van der Waals surface area contributed by atoms with Crippen molar-refractivity contribution in [2.24, 2.45) is 28.7 Å². The predicted molar refractivity (Wildman–Crippen MR) is 139 cm³/mol. The lowest BCUT2D eigenvalue weighted by atomic mass is 10.0. The number of amides is 4. The Hall–Kier alpha value is -2.81. The first-order valence-corrected chi connectivity index (χ1v) is 12.8. The molecule has 4 unspecified atom stereocenters. The molecule has 0 rings (SSSR count). The first-order chi connectivity index (χ1) is 17.6. The molecule has 0 saturated heterocycles. The van der Waals surface area contributed by atoms with E-state index in [4.69, 9.17) is 28.7 Å². The van der Waals surface area contributed by atoms with Gasteiger partial charge >= 0.3 is 5.97 Å². The number of hydrogen-bond donors (Lipinski definition) is 9. The van der Waals surface area contributed by atoms with Crippen LogP contribution >= 0.6 is 0 Å². The zero-order chi connectivity index (χ0) is 28.2. The van der Waals surface area contributed by atoms with Gasteiger partial charge in [0.05, 0.1) is 6.04 Å². The maximum Gasteiger partial charge on any atom is 0.326 e. The maximum absolute atomic E-state index is 13.1. The highest BCUT2D eigenvalue weighted by Gasteiger charge is 2.30. The fourth-order valence-corrected chi connectivity index (χ4v) is 3.53. The van der Waals surface area contributed by atoms with Gasteiger partial charge in [0.15, 0.2) is 0 Å². The van der Waals surface area contributed by atoms with Crippen molar-refractivity contribution < 1.29 is 29.1 Å². The second kappa shape index (κ2) is 20.3. The number of primary amides is 1. The lowest BCUT2D eigenvalue weighted by Gasteiger charge is -2.25. The average molecular weight is 531 g/mol. The lowest BCUT2D eigenvalue weighted by molar-refractivity contribution is -0.142. The summed E-state index contributed by atoms with van der Waals surface area (Å²) in [5.74, 6) is -3.89. The third kappa shape index (κ3) is 15.8. The molecule has 0 fully saturated rings. The quantitative estimate of drug-likeness (QED) is 0.0664. The number of carboxylic acid groups (broad SMARTS) is 1. The molecule has 14 heteroatoms. The summed E-state index contributed by atoms with van der Waals surface area (Å²) in [4.78, 5) is 61.5. The molecule has 0 bridgehead atoms. The van der Waals surface area contributed by atoms with Crippen LogP contribution in [0.2, 0.25) is 0 Å². The van der Waals surface area contributed by atoms with Crippen LogP contribution in [0.5, 0.6) is 0 Å². The molecule has 0 aromatic carbocycles. The fourth-order valence-electron chi connectivity index (χ4n) is 3.53. The summed E-state index contributed by atoms with van der Waals surface area (Å²) in [5, 5.41) is 17.0. The van der Waals surface area contributed by atoms with Crippen LogP contribution in [0.15, 0.2) is 0 Å². The van der Waals surface area contributed by atoms with Gasteiger partial charge in [-0.25, -0.2) is 4.79 Å². The van der Waals surface area contributed by atoms with Gasteiger partial charge < -0.3 is 49.7 Å². The molecule has 0 aliphatic carbocycles. The van der Waals surface area contributed by atoms with Crippen molar-refractivity contribution in [1.82, 2.24) is 16.0 Å². The highest BCUT2D eigenvalue weighted by atomic mass is 16.4. The molecular formula is C23H46N8O6. The Morgan fingerprint density at radius 2 is 1.00 bits per heavy atom. The van der Waals surface area contributed by atoms with Crippen LogP contribution < -0.4 is 44.6 Å². The third-order valence-electron chi connectivity index (χ3n) is 5.76. The molecule has 214 valence electrons. The monoisotopic (exact) mass is 530 g/mol. The summed E-state index contributed by atoms with van der Waals surface area (Å²) in [6.07, 6.45) is 3.97. The maximum atomic E-state index is 13.1. The van der Waals surface area contributed by atoms with E-state index in [-0.39, 0.29) is 25.7 Å². The second-order valence-corrected chi connectivity index (χ2v) is 8.99. The molecule has 0 aliphatic heterocycles. The molecule has 0 radical (unpaired) electrons. The van der Waals surface area contributed by atoms with Gasteiger partial charge in [0.1, 0.15) is 18.1 Å². The Kier molecular flexibility index (Phi) is 18.7. The smallest absolute Gasteiger partial charge is 0.326 e. The number of nitrogens with one attached hydrogen (secondary N) is 3. The minimum Gasteiger partial charge on any atom is -0.480 e. The molecule has 0 aliphatic rings. The molecular weight excluding hydrogens is 484 g/mol. The summed E-state index contributed by atoms with van der Waals surface area (Å²) in [5.41, 5.74) is 27.6. The van der Waals surface area contributed by atoms with Crippen LogP contribution in [0.4, 0.5) is 0 Å². The van der Waals surface area contributed by atoms with Gasteiger partial charge in [-0.15, -0.1) is 0 Å². The first kappa shape index (κ1) is 34.2. The Balaban J connectivity index is 5.48. The molecule has 4 atom stereocenters. The van der Waals surface area contributed by atoms with Crippen LogP contribution in [0.25, 0.3) is 0 Å². The molecule has 14 N–H and O–H groups in total. The molecule has 14 nitrogen and oxygen atoms in total. The van der Waals surface area contributed by atoms with Crippen LogP contribution in [0.3, 0.4) is 0 Å². The van der Waals surface area contributed by atoms with E-state index in [1.54, 1.807) is 0 Å². The molecule has 37 heavy (non-hydrogen) atoms. The third-order valence-corrected chi connectivity index (χ3v) is 5.76. The highest BCUT2D eigenvalue weighted by molar-refractivity contribution is 5.94. The molecule has 0 heterocycles. The summed E-state index contributed by atoms with van der Waals surface area (Å²) in [6, 6.07) is -4.29. The molecule has 0 aromatic heterocycles. The molecule has 0 saturated carbocycles. The van der Waals surface area contributed by atoms with Gasteiger partial charge in [0.2, 0.25) is 23.6 Å². The minimum atomic E-state index is -1.25. The second-order valence-electron chi connectivity index (χ2n) is 8.99. The van der Waals surface area contributed by atoms with E-state index < -0.39 is 53.8 Å². The largest absolute Gasteiger partial charge is 0.480 e. The van der Waals surface area contributed by atoms with E-state index in [1.807, 2.05) is 0 Å². The molecule has 0 aromatic rings. The zero-order valence-corrected chi connectivity index (χ0v) is 21.6. The summed E-state index contributed by atoms with van der Waals surface area (Å²) in [6.45, 7) is 1.25. The van der Waals surface area contributed by atoms with E-state index in [0.29, 0.717) is 64.6 Å². The Morgan fingerprint density at radius 3 is 1.46 bits per heavy atom. The van der Waals surface area contributed by atoms with Crippen molar-refractivity contribution in [2.75, 3.05) is 19.6 Å². The number of aliphatic carboxylic acids is 1. The summed E-state index contributed by atoms with van der Waals surface area (Å²) in [7, 11) is 0. The van der Waals surface area contributed by atoms with Crippen molar-refractivity contribution in [2.45, 2.75) is 94.8 Å². The Bertz CT molecular complexity index is 723. The van der Waals surface area contributed by atoms with Gasteiger partial charge in [-0.05, 0) is 77.4 Å². The standard InChI is InChI=1S/C23H46N8O6/c24-12-4-1-7-15(27)20(33)29-16(8-2-5-13-25)21(34)30-17(10-11-19(28)32)22(35)31-18(23(36)37)9-3-6-14-26/h15-18H,1-14,24-27H2,(H2,28,32)(H,29,33)(H,30,34)(H,31,35)(H,36,37). The molecule has 4 amide bonds. The molecule has 0 spiro atoms. The van der Waals surface area contributed by atoms with E-state index in [1.165, 1.54) is 0 Å². The number of nitrogens with two attached hydrogens (primary N) is 5. The van der Waals surface area contributed by atoms with E-state index in [0.717, 1.165) is 0 Å². The van der Waals surface area contributed by atoms with Gasteiger partial charge in [-0.2, -0.15) is 0 Å². The van der Waals surface area contributed by atoms with E-state index in [2.05, 4.69) is 16.0 Å². The normalized spacial score (nSPS) is 14.2. The van der Waals surface area contributed by atoms with Crippen molar-refractivity contribution in [3.05, 3.63) is 0 Å². The van der Waals surface area contributed by atoms with Crippen LogP contribution in [0, 0.1) is 0 Å². The van der Waals surface area contributed by atoms with Crippen molar-refractivity contribution in [3.63, 3.8) is 0 Å². The van der Waals surface area contributed by atoms with Crippen molar-refractivity contribution >= 4 is 29.6 Å². The van der Waals surface area contributed by atoms with Gasteiger partial charge in [-0.3, -0.25) is 19.2 Å². The first-order valence-electron chi connectivity index (χ1n) is 12.8. The lowest BCUT2D eigenvalue weighted by Crippen LogP contribution is -2.57. The number of unbranched alkanes of at least 4 members (excludes halogenated alkanes) is 3. The van der Waals surface area contributed by atoms with Gasteiger partial charge in [0.25, 0.3) is 0 Å². The van der Waals surface area contributed by atoms with Crippen molar-refractivity contribution in [3.8, 4) is 0 Å². The zero-order valence-electron chi connectivity index (χ0n) is 21.6. The number of carbonyl (C=O) groups excluding carboxylic acids is 4. The summed E-state index contributed by atoms with van der Waals surface area (Å²) >= 11 is 0. The Labute approximate surface area is 218 Å². The topological polar surface area (TPSA) is 272 Å². The number of rotatable bonds is 22. The predicted octanol–water partition coefficient (Wildman–Crippen LogP) is -2.49. The SMILES string of the molecule is NCCCCC(N)C(=O)NC(CCCCN)C(=O)NC(CCC(N)=O)C(=O)NC(CCCCN)C(=O)O. The van der Waals surface area contributed by atoms with Crippen LogP contribution in [-0.2, 0) is 24.0 Å². The minimum absolute atomic E-state index is 0.147. The highest BCUT2D eigenvalue weighted by Crippen LogP contribution is 2.07. The number of carbonyl (C=O) groups is 5. The van der Waals surface area contributed by atoms with Gasteiger partial charge in [0, 0.05) is 6.42 Å². The number of hydrogen-bond acceptors (Lipinski definition) is 9. The fraction of sp³-hybridized carbons (Fsp3) is 0.783. The summed E-state index contributed by atoms with van der Waals surface area (Å²) < 4.78 is 0. The van der Waals surface area contributed by atoms with Crippen LogP contribution in [-0.4, -0.2) is 78.5 Å². The van der Waals surface area contributed by atoms with E-state index in [9.17, 15) is 29.1 Å². The van der Waals surface area contributed by atoms with Crippen molar-refractivity contribution in [1.29, 1.82) is 0 Å². The Morgan fingerprint density at radius 1 is 0.595 bits per heavy atom.